The van der Waals surface area contributed by atoms with Crippen molar-refractivity contribution in [2.75, 3.05) is 18.5 Å². The number of hydrogen-bond donors (Lipinski definition) is 1. The van der Waals surface area contributed by atoms with Crippen molar-refractivity contribution in [2.45, 2.75) is 6.92 Å². The SMILES string of the molecule is Cc1ccc(N(C)C(=O)CN)cn1. The summed E-state index contributed by atoms with van der Waals surface area (Å²) in [6.45, 7) is 1.92. The highest BCUT2D eigenvalue weighted by Gasteiger charge is 2.07. The molecule has 1 aromatic rings. The molecule has 0 bridgehead atoms. The van der Waals surface area contributed by atoms with Gasteiger partial charge in [0.2, 0.25) is 5.91 Å². The van der Waals surface area contributed by atoms with Gasteiger partial charge in [-0.2, -0.15) is 0 Å². The van der Waals surface area contributed by atoms with Gasteiger partial charge in [-0.25, -0.2) is 0 Å². The number of aromatic nitrogens is 1. The molecule has 4 heteroatoms. The van der Waals surface area contributed by atoms with Gasteiger partial charge >= 0.3 is 0 Å². The van der Waals surface area contributed by atoms with Gasteiger partial charge in [-0.15, -0.1) is 0 Å². The molecule has 0 atom stereocenters. The van der Waals surface area contributed by atoms with Gasteiger partial charge in [-0.1, -0.05) is 0 Å². The Kier molecular flexibility index (Phi) is 2.97. The van der Waals surface area contributed by atoms with E-state index in [4.69, 9.17) is 5.73 Å². The van der Waals surface area contributed by atoms with Crippen molar-refractivity contribution in [1.29, 1.82) is 0 Å². The summed E-state index contributed by atoms with van der Waals surface area (Å²) in [4.78, 5) is 16.7. The third kappa shape index (κ3) is 2.26. The zero-order valence-corrected chi connectivity index (χ0v) is 7.82. The van der Waals surface area contributed by atoms with Crippen molar-refractivity contribution >= 4 is 11.6 Å². The first-order chi connectivity index (χ1) is 6.15. The number of nitrogens with two attached hydrogens (primary N) is 1. The van der Waals surface area contributed by atoms with Crippen LogP contribution in [0.25, 0.3) is 0 Å². The average Bonchev–Trinajstić information content (AvgIpc) is 2.17. The fourth-order valence-electron chi connectivity index (χ4n) is 0.939. The number of anilines is 1. The van der Waals surface area contributed by atoms with Gasteiger partial charge in [0.05, 0.1) is 18.4 Å². The van der Waals surface area contributed by atoms with Crippen molar-refractivity contribution in [3.63, 3.8) is 0 Å². The second-order valence-electron chi connectivity index (χ2n) is 2.81. The summed E-state index contributed by atoms with van der Waals surface area (Å²) < 4.78 is 0. The smallest absolute Gasteiger partial charge is 0.240 e. The lowest BCUT2D eigenvalue weighted by molar-refractivity contribution is -0.117. The van der Waals surface area contributed by atoms with E-state index >= 15 is 0 Å². The zero-order valence-electron chi connectivity index (χ0n) is 7.82. The van der Waals surface area contributed by atoms with Crippen molar-refractivity contribution in [3.8, 4) is 0 Å². The fraction of sp³-hybridized carbons (Fsp3) is 0.333. The van der Waals surface area contributed by atoms with Crippen LogP contribution in [0.1, 0.15) is 5.69 Å². The number of aryl methyl sites for hydroxylation is 1. The number of nitrogens with zero attached hydrogens (tertiary/aromatic N) is 2. The molecule has 0 fully saturated rings. The molecule has 0 unspecified atom stereocenters. The predicted molar refractivity (Wildman–Crippen MR) is 51.4 cm³/mol. The summed E-state index contributed by atoms with van der Waals surface area (Å²) in [7, 11) is 1.68. The Morgan fingerprint density at radius 3 is 2.77 bits per heavy atom. The van der Waals surface area contributed by atoms with E-state index in [9.17, 15) is 4.79 Å². The van der Waals surface area contributed by atoms with Crippen molar-refractivity contribution in [2.24, 2.45) is 5.73 Å². The zero-order chi connectivity index (χ0) is 9.84. The van der Waals surface area contributed by atoms with Gasteiger partial charge in [0, 0.05) is 12.7 Å². The van der Waals surface area contributed by atoms with Crippen LogP contribution in [0, 0.1) is 6.92 Å². The van der Waals surface area contributed by atoms with E-state index in [1.54, 1.807) is 13.2 Å². The lowest BCUT2D eigenvalue weighted by Crippen LogP contribution is -2.32. The Morgan fingerprint density at radius 2 is 2.31 bits per heavy atom. The molecule has 1 heterocycles. The number of carbonyl (C=O) groups is 1. The minimum atomic E-state index is -0.120. The highest BCUT2D eigenvalue weighted by molar-refractivity contribution is 5.93. The highest BCUT2D eigenvalue weighted by Crippen LogP contribution is 2.10. The molecule has 0 aliphatic heterocycles. The first-order valence-electron chi connectivity index (χ1n) is 4.04. The van der Waals surface area contributed by atoms with Crippen LogP contribution in [0.2, 0.25) is 0 Å². The van der Waals surface area contributed by atoms with Crippen LogP contribution in [-0.2, 0) is 4.79 Å². The van der Waals surface area contributed by atoms with Crippen LogP contribution >= 0.6 is 0 Å². The lowest BCUT2D eigenvalue weighted by atomic mass is 10.3. The molecule has 0 radical (unpaired) electrons. The molecule has 1 amide bonds. The second-order valence-corrected chi connectivity index (χ2v) is 2.81. The summed E-state index contributed by atoms with van der Waals surface area (Å²) in [6.07, 6.45) is 1.66. The Bertz CT molecular complexity index is 294. The number of rotatable bonds is 2. The summed E-state index contributed by atoms with van der Waals surface area (Å²) in [6, 6.07) is 3.70. The van der Waals surface area contributed by atoms with Crippen LogP contribution in [-0.4, -0.2) is 24.5 Å². The van der Waals surface area contributed by atoms with Crippen LogP contribution < -0.4 is 10.6 Å². The highest BCUT2D eigenvalue weighted by atomic mass is 16.2. The Balaban J connectivity index is 2.83. The molecule has 1 aromatic heterocycles. The van der Waals surface area contributed by atoms with Gasteiger partial charge in [0.15, 0.2) is 0 Å². The van der Waals surface area contributed by atoms with E-state index in [-0.39, 0.29) is 12.5 Å². The van der Waals surface area contributed by atoms with E-state index in [1.165, 1.54) is 4.90 Å². The van der Waals surface area contributed by atoms with Crippen molar-refractivity contribution in [3.05, 3.63) is 24.0 Å². The van der Waals surface area contributed by atoms with E-state index < -0.39 is 0 Å². The number of likely N-dealkylation sites (N-methyl/N-ethyl adjacent to an activating group) is 1. The van der Waals surface area contributed by atoms with E-state index in [1.807, 2.05) is 19.1 Å². The maximum absolute atomic E-state index is 11.2. The minimum absolute atomic E-state index is 0.0182. The molecule has 0 spiro atoms. The van der Waals surface area contributed by atoms with Gasteiger partial charge < -0.3 is 10.6 Å². The van der Waals surface area contributed by atoms with Crippen molar-refractivity contribution < 1.29 is 4.79 Å². The normalized spacial score (nSPS) is 9.77. The van der Waals surface area contributed by atoms with Gasteiger partial charge in [-0.05, 0) is 19.1 Å². The van der Waals surface area contributed by atoms with Gasteiger partial charge in [-0.3, -0.25) is 9.78 Å². The van der Waals surface area contributed by atoms with Crippen molar-refractivity contribution in [1.82, 2.24) is 4.98 Å². The third-order valence-electron chi connectivity index (χ3n) is 1.83. The number of hydrogen-bond acceptors (Lipinski definition) is 3. The van der Waals surface area contributed by atoms with Crippen LogP contribution in [0.3, 0.4) is 0 Å². The standard InChI is InChI=1S/C9H13N3O/c1-7-3-4-8(6-11-7)12(2)9(13)5-10/h3-4,6H,5,10H2,1-2H3. The molecule has 0 aliphatic carbocycles. The topological polar surface area (TPSA) is 59.2 Å². The Labute approximate surface area is 77.4 Å². The Morgan fingerprint density at radius 1 is 1.62 bits per heavy atom. The average molecular weight is 179 g/mol. The molecule has 1 rings (SSSR count). The first kappa shape index (κ1) is 9.67. The van der Waals surface area contributed by atoms with Gasteiger partial charge in [0.25, 0.3) is 0 Å². The number of pyridine rings is 1. The summed E-state index contributed by atoms with van der Waals surface area (Å²) >= 11 is 0. The molecule has 0 saturated heterocycles. The molecule has 2 N–H and O–H groups in total. The third-order valence-corrected chi connectivity index (χ3v) is 1.83. The Hall–Kier alpha value is -1.42. The molecular formula is C9H13N3O. The summed E-state index contributed by atoms with van der Waals surface area (Å²) in [5.74, 6) is -0.120. The minimum Gasteiger partial charge on any atom is -0.322 e. The first-order valence-corrected chi connectivity index (χ1v) is 4.04. The monoisotopic (exact) mass is 179 g/mol. The maximum Gasteiger partial charge on any atom is 0.240 e. The predicted octanol–water partition coefficient (Wildman–Crippen LogP) is 0.312. The molecular weight excluding hydrogens is 166 g/mol. The molecule has 13 heavy (non-hydrogen) atoms. The fourth-order valence-corrected chi connectivity index (χ4v) is 0.939. The number of amides is 1. The van der Waals surface area contributed by atoms with Gasteiger partial charge in [0.1, 0.15) is 0 Å². The van der Waals surface area contributed by atoms with Crippen LogP contribution in [0.4, 0.5) is 5.69 Å². The molecule has 0 aliphatic rings. The van der Waals surface area contributed by atoms with E-state index in [2.05, 4.69) is 4.98 Å². The van der Waals surface area contributed by atoms with Crippen LogP contribution in [0.5, 0.6) is 0 Å². The van der Waals surface area contributed by atoms with E-state index in [0.29, 0.717) is 0 Å². The second kappa shape index (κ2) is 4.00. The summed E-state index contributed by atoms with van der Waals surface area (Å²) in [5, 5.41) is 0. The maximum atomic E-state index is 11.2. The molecule has 70 valence electrons. The van der Waals surface area contributed by atoms with E-state index in [0.717, 1.165) is 11.4 Å². The quantitative estimate of drug-likeness (QED) is 0.710. The molecule has 0 saturated carbocycles. The number of carbonyl (C=O) groups excluding carboxylic acids is 1. The molecule has 0 aromatic carbocycles. The van der Waals surface area contributed by atoms with Crippen LogP contribution in [0.15, 0.2) is 18.3 Å². The largest absolute Gasteiger partial charge is 0.322 e. The summed E-state index contributed by atoms with van der Waals surface area (Å²) in [5.41, 5.74) is 6.92. The molecule has 4 nitrogen and oxygen atoms in total. The lowest BCUT2D eigenvalue weighted by Gasteiger charge is -2.15.